The lowest BCUT2D eigenvalue weighted by molar-refractivity contribution is -0.145. The predicted octanol–water partition coefficient (Wildman–Crippen LogP) is 7.14. The van der Waals surface area contributed by atoms with Crippen LogP contribution < -0.4 is 5.32 Å². The quantitative estimate of drug-likeness (QED) is 0.0607. The fraction of sp³-hybridized carbons (Fsp3) is 0.395. The molecule has 0 bridgehead atoms. The Bertz CT molecular complexity index is 1410. The van der Waals surface area contributed by atoms with Crippen molar-refractivity contribution in [3.05, 3.63) is 108 Å². The number of nitrogens with one attached hydrogen (secondary N) is 1. The van der Waals surface area contributed by atoms with Crippen molar-refractivity contribution >= 4 is 52.0 Å². The van der Waals surface area contributed by atoms with E-state index in [1.54, 1.807) is 30.3 Å². The highest BCUT2D eigenvalue weighted by Gasteiger charge is 2.32. The normalized spacial score (nSPS) is 13.0. The summed E-state index contributed by atoms with van der Waals surface area (Å²) in [4.78, 5) is 66.4. The Hall–Kier alpha value is -3.66. The second-order valence-corrected chi connectivity index (χ2v) is 13.2. The number of esters is 2. The van der Waals surface area contributed by atoms with Crippen molar-refractivity contribution in [3.8, 4) is 0 Å². The Labute approximate surface area is 286 Å². The Morgan fingerprint density at radius 1 is 0.761 bits per heavy atom. The van der Waals surface area contributed by atoms with Crippen molar-refractivity contribution in [3.63, 3.8) is 0 Å². The highest BCUT2D eigenvalue weighted by Crippen LogP contribution is 2.21. The third kappa shape index (κ3) is 13.0. The molecule has 46 heavy (non-hydrogen) atoms. The van der Waals surface area contributed by atoms with Gasteiger partial charge in [-0.15, -0.1) is 0 Å². The molecule has 0 heterocycles. The molecule has 0 saturated heterocycles. The van der Waals surface area contributed by atoms with Gasteiger partial charge in [-0.1, -0.05) is 115 Å². The molecule has 0 aliphatic rings. The van der Waals surface area contributed by atoms with E-state index in [4.69, 9.17) is 4.74 Å². The SMILES string of the molecule is CC(C)C[C@H](NC(=O)[C@H](CCc1ccccc1)CC(=O)CCCI)C(=O)C[C@@H](Cc1ccccc1)C(=O)OC(=O)c1ccccc1. The van der Waals surface area contributed by atoms with Crippen LogP contribution in [0.15, 0.2) is 91.0 Å². The first-order valence-electron chi connectivity index (χ1n) is 16.0. The van der Waals surface area contributed by atoms with Gasteiger partial charge in [0.15, 0.2) is 5.78 Å². The third-order valence-corrected chi connectivity index (χ3v) is 8.54. The highest BCUT2D eigenvalue weighted by atomic mass is 127. The lowest BCUT2D eigenvalue weighted by Crippen LogP contribution is -2.46. The van der Waals surface area contributed by atoms with E-state index in [1.807, 2.05) is 74.5 Å². The van der Waals surface area contributed by atoms with Gasteiger partial charge in [-0.25, -0.2) is 4.79 Å². The second kappa shape index (κ2) is 19.8. The lowest BCUT2D eigenvalue weighted by atomic mass is 9.88. The second-order valence-electron chi connectivity index (χ2n) is 12.1. The summed E-state index contributed by atoms with van der Waals surface area (Å²) < 4.78 is 6.11. The average molecular weight is 738 g/mol. The summed E-state index contributed by atoms with van der Waals surface area (Å²) >= 11 is 2.24. The third-order valence-electron chi connectivity index (χ3n) is 7.78. The van der Waals surface area contributed by atoms with Gasteiger partial charge in [0.25, 0.3) is 0 Å². The zero-order valence-corrected chi connectivity index (χ0v) is 28.8. The minimum Gasteiger partial charge on any atom is -0.389 e. The minimum atomic E-state index is -0.933. The number of Topliss-reactive ketones (excluding diaryl/α,β-unsaturated/α-hetero) is 2. The van der Waals surface area contributed by atoms with Gasteiger partial charge >= 0.3 is 11.9 Å². The van der Waals surface area contributed by atoms with Gasteiger partial charge in [0.05, 0.1) is 17.5 Å². The number of halogens is 1. The molecular formula is C38H44INO6. The molecule has 3 atom stereocenters. The standard InChI is InChI=1S/C38H44INO6/c1-27(2)23-34(40-36(43)31(25-33(41)19-12-22-39)21-20-28-13-6-3-7-14-28)35(42)26-32(24-29-15-8-4-9-16-29)38(45)46-37(44)30-17-10-5-11-18-30/h3-11,13-18,27,31-32,34H,12,19-26H2,1-2H3,(H,40,43)/t31-,32-,34+/m1/s1. The van der Waals surface area contributed by atoms with Crippen LogP contribution in [-0.2, 0) is 36.8 Å². The maximum atomic E-state index is 13.9. The minimum absolute atomic E-state index is 0.0327. The average Bonchev–Trinajstić information content (AvgIpc) is 3.06. The van der Waals surface area contributed by atoms with Crippen LogP contribution in [0.2, 0.25) is 0 Å². The number of hydrogen-bond acceptors (Lipinski definition) is 6. The molecule has 3 rings (SSSR count). The van der Waals surface area contributed by atoms with E-state index in [2.05, 4.69) is 27.9 Å². The first kappa shape index (κ1) is 36.8. The van der Waals surface area contributed by atoms with E-state index in [0.29, 0.717) is 25.7 Å². The maximum Gasteiger partial charge on any atom is 0.345 e. The Balaban J connectivity index is 1.78. The van der Waals surface area contributed by atoms with Gasteiger partial charge in [-0.2, -0.15) is 0 Å². The molecule has 7 nitrogen and oxygen atoms in total. The Morgan fingerprint density at radius 2 is 1.35 bits per heavy atom. The van der Waals surface area contributed by atoms with Gasteiger partial charge in [-0.05, 0) is 65.7 Å². The van der Waals surface area contributed by atoms with Gasteiger partial charge in [0.2, 0.25) is 5.91 Å². The molecule has 8 heteroatoms. The molecule has 3 aromatic carbocycles. The molecular weight excluding hydrogens is 693 g/mol. The van der Waals surface area contributed by atoms with Crippen LogP contribution in [0.5, 0.6) is 0 Å². The van der Waals surface area contributed by atoms with Crippen LogP contribution in [0.3, 0.4) is 0 Å². The van der Waals surface area contributed by atoms with E-state index in [0.717, 1.165) is 22.0 Å². The summed E-state index contributed by atoms with van der Waals surface area (Å²) in [6.45, 7) is 3.92. The number of benzene rings is 3. The lowest BCUT2D eigenvalue weighted by Gasteiger charge is -2.25. The van der Waals surface area contributed by atoms with Crippen LogP contribution in [0.25, 0.3) is 0 Å². The van der Waals surface area contributed by atoms with Gasteiger partial charge in [-0.3, -0.25) is 19.2 Å². The summed E-state index contributed by atoms with van der Waals surface area (Å²) in [6, 6.07) is 26.4. The topological polar surface area (TPSA) is 107 Å². The predicted molar refractivity (Wildman–Crippen MR) is 188 cm³/mol. The van der Waals surface area contributed by atoms with Gasteiger partial charge < -0.3 is 10.1 Å². The summed E-state index contributed by atoms with van der Waals surface area (Å²) in [5.41, 5.74) is 2.13. The summed E-state index contributed by atoms with van der Waals surface area (Å²) in [5, 5.41) is 2.96. The monoisotopic (exact) mass is 737 g/mol. The molecule has 0 saturated carbocycles. The summed E-state index contributed by atoms with van der Waals surface area (Å²) in [5.74, 6) is -3.63. The number of amides is 1. The van der Waals surface area contributed by atoms with Gasteiger partial charge in [0.1, 0.15) is 5.78 Å². The fourth-order valence-electron chi connectivity index (χ4n) is 5.31. The number of carbonyl (C=O) groups is 5. The number of rotatable bonds is 19. The first-order chi connectivity index (χ1) is 22.2. The zero-order valence-electron chi connectivity index (χ0n) is 26.7. The number of carbonyl (C=O) groups excluding carboxylic acids is 5. The number of aryl methyl sites for hydroxylation is 1. The van der Waals surface area contributed by atoms with E-state index < -0.39 is 29.8 Å². The smallest absolute Gasteiger partial charge is 0.345 e. The molecule has 0 aliphatic heterocycles. The van der Waals surface area contributed by atoms with E-state index in [-0.39, 0.29) is 48.2 Å². The molecule has 3 aromatic rings. The molecule has 0 spiro atoms. The molecule has 0 radical (unpaired) electrons. The molecule has 1 N–H and O–H groups in total. The summed E-state index contributed by atoms with van der Waals surface area (Å²) in [6.07, 6.45) is 2.74. The largest absolute Gasteiger partial charge is 0.389 e. The molecule has 244 valence electrons. The Morgan fingerprint density at radius 3 is 1.93 bits per heavy atom. The summed E-state index contributed by atoms with van der Waals surface area (Å²) in [7, 11) is 0. The molecule has 0 aliphatic carbocycles. The molecule has 0 unspecified atom stereocenters. The van der Waals surface area contributed by atoms with E-state index in [1.165, 1.54) is 0 Å². The Kier molecular flexibility index (Phi) is 15.8. The fourth-order valence-corrected chi connectivity index (χ4v) is 5.70. The van der Waals surface area contributed by atoms with Crippen molar-refractivity contribution in [2.24, 2.45) is 17.8 Å². The van der Waals surface area contributed by atoms with Crippen molar-refractivity contribution in [1.82, 2.24) is 5.32 Å². The van der Waals surface area contributed by atoms with Crippen LogP contribution in [0.4, 0.5) is 0 Å². The number of ketones is 2. The highest BCUT2D eigenvalue weighted by molar-refractivity contribution is 14.1. The molecule has 1 amide bonds. The van der Waals surface area contributed by atoms with Crippen LogP contribution in [-0.4, -0.2) is 39.9 Å². The van der Waals surface area contributed by atoms with Gasteiger partial charge in [0, 0.05) is 25.2 Å². The van der Waals surface area contributed by atoms with Crippen molar-refractivity contribution in [2.45, 2.75) is 71.3 Å². The first-order valence-corrected chi connectivity index (χ1v) is 17.5. The molecule has 0 fully saturated rings. The zero-order chi connectivity index (χ0) is 33.3. The van der Waals surface area contributed by atoms with Crippen molar-refractivity contribution in [1.29, 1.82) is 0 Å². The number of ether oxygens (including phenoxy) is 1. The van der Waals surface area contributed by atoms with Crippen LogP contribution in [0, 0.1) is 17.8 Å². The van der Waals surface area contributed by atoms with Crippen molar-refractivity contribution in [2.75, 3.05) is 4.43 Å². The maximum absolute atomic E-state index is 13.9. The molecule has 0 aromatic heterocycles. The number of hydrogen-bond donors (Lipinski definition) is 1. The van der Waals surface area contributed by atoms with E-state index in [9.17, 15) is 24.0 Å². The number of alkyl halides is 1. The van der Waals surface area contributed by atoms with E-state index >= 15 is 0 Å². The van der Waals surface area contributed by atoms with Crippen molar-refractivity contribution < 1.29 is 28.7 Å². The van der Waals surface area contributed by atoms with Crippen LogP contribution in [0.1, 0.15) is 73.9 Å². The van der Waals surface area contributed by atoms with Crippen LogP contribution >= 0.6 is 22.6 Å².